The molecule has 0 aliphatic rings. The summed E-state index contributed by atoms with van der Waals surface area (Å²) < 4.78 is 0. The first-order chi connectivity index (χ1) is 3.93. The van der Waals surface area contributed by atoms with Gasteiger partial charge in [0.1, 0.15) is 0 Å². The van der Waals surface area contributed by atoms with Crippen molar-refractivity contribution in [2.24, 2.45) is 0 Å². The second-order valence-corrected chi connectivity index (χ2v) is 1.38. The van der Waals surface area contributed by atoms with Crippen LogP contribution in [0.25, 0.3) is 0 Å². The fourth-order valence-corrected chi connectivity index (χ4v) is 0.411. The molecule has 0 saturated heterocycles. The van der Waals surface area contributed by atoms with Crippen LogP contribution < -0.4 is 0 Å². The quantitative estimate of drug-likeness (QED) is 0.550. The molecule has 0 unspecified atom stereocenters. The molecular formula is C5H6N3V+. The van der Waals surface area contributed by atoms with Gasteiger partial charge in [0.05, 0.1) is 0 Å². The molecule has 45 valence electrons. The first kappa shape index (κ1) is 8.59. The number of hydrogen-bond acceptors (Lipinski definition) is 3. The van der Waals surface area contributed by atoms with Crippen molar-refractivity contribution in [2.75, 3.05) is 0 Å². The molecule has 0 N–H and O–H groups in total. The van der Waals surface area contributed by atoms with Gasteiger partial charge in [-0.15, -0.1) is 11.9 Å². The monoisotopic (exact) mass is 159 g/mol. The molecule has 0 fully saturated rings. The van der Waals surface area contributed by atoms with Gasteiger partial charge in [0.2, 0.25) is 0 Å². The number of hydrogen-bond donors (Lipinski definition) is 0. The average molecular weight is 159 g/mol. The molecule has 0 aromatic carbocycles. The van der Waals surface area contributed by atoms with Crippen molar-refractivity contribution >= 4 is 0 Å². The minimum absolute atomic E-state index is 0. The van der Waals surface area contributed by atoms with Crippen molar-refractivity contribution in [2.45, 2.75) is 13.3 Å². The molecule has 0 atom stereocenters. The molecule has 0 amide bonds. The third-order valence-electron chi connectivity index (χ3n) is 0.841. The van der Waals surface area contributed by atoms with Gasteiger partial charge in [-0.3, -0.25) is 0 Å². The van der Waals surface area contributed by atoms with Gasteiger partial charge in [0.25, 0.3) is 0 Å². The molecule has 0 spiro atoms. The summed E-state index contributed by atoms with van der Waals surface area (Å²) >= 11 is 0. The first-order valence-corrected chi connectivity index (χ1v) is 2.48. The van der Waals surface area contributed by atoms with Crippen LogP contribution in [0.2, 0.25) is 0 Å². The van der Waals surface area contributed by atoms with Crippen molar-refractivity contribution in [3.63, 3.8) is 0 Å². The van der Waals surface area contributed by atoms with Crippen molar-refractivity contribution in [3.05, 3.63) is 18.0 Å². The van der Waals surface area contributed by atoms with Gasteiger partial charge < -0.3 is 6.07 Å². The van der Waals surface area contributed by atoms with Crippen LogP contribution in [0.4, 0.5) is 0 Å². The van der Waals surface area contributed by atoms with Crippen LogP contribution in [-0.4, -0.2) is 15.4 Å². The Kier molecular flexibility index (Phi) is 4.27. The number of rotatable bonds is 1. The van der Waals surface area contributed by atoms with Gasteiger partial charge in [-0.1, -0.05) is 12.1 Å². The van der Waals surface area contributed by atoms with Gasteiger partial charge in [-0.05, 0) is 6.42 Å². The Morgan fingerprint density at radius 1 is 1.67 bits per heavy atom. The zero-order valence-corrected chi connectivity index (χ0v) is 6.47. The summed E-state index contributed by atoms with van der Waals surface area (Å²) in [5.74, 6) is 0. The minimum Gasteiger partial charge on any atom is -0.427 e. The van der Waals surface area contributed by atoms with E-state index in [0.717, 1.165) is 12.1 Å². The van der Waals surface area contributed by atoms with Crippen LogP contribution in [0.3, 0.4) is 0 Å². The Labute approximate surface area is 65.8 Å². The Morgan fingerprint density at radius 3 is 2.78 bits per heavy atom. The van der Waals surface area contributed by atoms with Gasteiger partial charge >= 0.3 is 18.6 Å². The standard InChI is InChI=1S/C5H6N3.V/c1-2-5-3-4-6-8-7-5;/h4H,2H2,1H3;/q-1;+2. The minimum atomic E-state index is 0. The Morgan fingerprint density at radius 2 is 2.44 bits per heavy atom. The second kappa shape index (κ2) is 4.47. The molecular weight excluding hydrogens is 153 g/mol. The summed E-state index contributed by atoms with van der Waals surface area (Å²) in [6.45, 7) is 2.00. The molecule has 1 rings (SSSR count). The summed E-state index contributed by atoms with van der Waals surface area (Å²) in [7, 11) is 0. The van der Waals surface area contributed by atoms with E-state index in [1.54, 1.807) is 0 Å². The van der Waals surface area contributed by atoms with E-state index in [0.29, 0.717) is 0 Å². The van der Waals surface area contributed by atoms with Gasteiger partial charge in [0, 0.05) is 0 Å². The molecule has 9 heavy (non-hydrogen) atoms. The van der Waals surface area contributed by atoms with E-state index in [1.807, 2.05) is 6.92 Å². The molecule has 1 aromatic rings. The van der Waals surface area contributed by atoms with E-state index in [2.05, 4.69) is 21.5 Å². The number of aryl methyl sites for hydroxylation is 1. The maximum atomic E-state index is 3.68. The third kappa shape index (κ3) is 2.58. The van der Waals surface area contributed by atoms with Crippen LogP contribution in [0.15, 0.2) is 6.20 Å². The number of nitrogens with zero attached hydrogens (tertiary/aromatic N) is 3. The Hall–Kier alpha value is -0.406. The fourth-order valence-electron chi connectivity index (χ4n) is 0.411. The van der Waals surface area contributed by atoms with E-state index >= 15 is 0 Å². The largest absolute Gasteiger partial charge is 2.00 e. The van der Waals surface area contributed by atoms with E-state index in [1.165, 1.54) is 6.20 Å². The van der Waals surface area contributed by atoms with Crippen LogP contribution in [0, 0.1) is 6.07 Å². The predicted octanol–water partition coefficient (Wildman–Crippen LogP) is 0.232. The van der Waals surface area contributed by atoms with Crippen LogP contribution >= 0.6 is 0 Å². The molecule has 0 aliphatic heterocycles. The molecule has 4 heteroatoms. The normalized spacial score (nSPS) is 8.11. The fraction of sp³-hybridized carbons (Fsp3) is 0.400. The number of aromatic nitrogens is 3. The maximum absolute atomic E-state index is 3.68. The van der Waals surface area contributed by atoms with E-state index < -0.39 is 0 Å². The zero-order chi connectivity index (χ0) is 5.82. The zero-order valence-electron chi connectivity index (χ0n) is 5.07. The van der Waals surface area contributed by atoms with Crippen molar-refractivity contribution in [1.82, 2.24) is 15.4 Å². The molecule has 0 bridgehead atoms. The van der Waals surface area contributed by atoms with Crippen LogP contribution in [0.5, 0.6) is 0 Å². The molecule has 0 saturated carbocycles. The molecule has 1 radical (unpaired) electrons. The molecule has 0 aliphatic carbocycles. The summed E-state index contributed by atoms with van der Waals surface area (Å²) in [5.41, 5.74) is 0.861. The van der Waals surface area contributed by atoms with Crippen LogP contribution in [-0.2, 0) is 25.0 Å². The molecule has 1 aromatic heterocycles. The predicted molar refractivity (Wildman–Crippen MR) is 28.0 cm³/mol. The third-order valence-corrected chi connectivity index (χ3v) is 0.841. The van der Waals surface area contributed by atoms with E-state index in [4.69, 9.17) is 0 Å². The summed E-state index contributed by atoms with van der Waals surface area (Å²) in [6, 6.07) is 2.83. The summed E-state index contributed by atoms with van der Waals surface area (Å²) in [6.07, 6.45) is 2.39. The Bertz CT molecular complexity index is 154. The average Bonchev–Trinajstić information content (AvgIpc) is 1.90. The van der Waals surface area contributed by atoms with Crippen molar-refractivity contribution in [1.29, 1.82) is 0 Å². The topological polar surface area (TPSA) is 38.7 Å². The second-order valence-electron chi connectivity index (χ2n) is 1.38. The van der Waals surface area contributed by atoms with Gasteiger partial charge in [-0.2, -0.15) is 10.2 Å². The SMILES string of the molecule is CCc1[c-]cnnn1.[V+2]. The molecule has 1 heterocycles. The summed E-state index contributed by atoms with van der Waals surface area (Å²) in [4.78, 5) is 0. The maximum Gasteiger partial charge on any atom is 2.00 e. The van der Waals surface area contributed by atoms with Crippen LogP contribution in [0.1, 0.15) is 12.6 Å². The first-order valence-electron chi connectivity index (χ1n) is 2.48. The smallest absolute Gasteiger partial charge is 0.427 e. The van der Waals surface area contributed by atoms with Gasteiger partial charge in [0.15, 0.2) is 0 Å². The van der Waals surface area contributed by atoms with Crippen molar-refractivity contribution < 1.29 is 18.6 Å². The van der Waals surface area contributed by atoms with Crippen molar-refractivity contribution in [3.8, 4) is 0 Å². The molecule has 3 nitrogen and oxygen atoms in total. The Balaban J connectivity index is 0.000000640. The summed E-state index contributed by atoms with van der Waals surface area (Å²) in [5, 5.41) is 10.6. The van der Waals surface area contributed by atoms with E-state index in [9.17, 15) is 0 Å². The van der Waals surface area contributed by atoms with E-state index in [-0.39, 0.29) is 18.6 Å². The van der Waals surface area contributed by atoms with Gasteiger partial charge in [-0.25, -0.2) is 0 Å².